The van der Waals surface area contributed by atoms with E-state index < -0.39 is 11.8 Å². The number of nitrogens with one attached hydrogen (secondary N) is 3. The van der Waals surface area contributed by atoms with E-state index in [1.54, 1.807) is 23.1 Å². The molecule has 2 aromatic carbocycles. The van der Waals surface area contributed by atoms with Crippen LogP contribution in [0.3, 0.4) is 0 Å². The molecule has 0 aliphatic heterocycles. The summed E-state index contributed by atoms with van der Waals surface area (Å²) in [5.74, 6) is -0.868. The summed E-state index contributed by atoms with van der Waals surface area (Å²) in [4.78, 5) is 27.7. The molecule has 0 saturated heterocycles. The van der Waals surface area contributed by atoms with Crippen molar-refractivity contribution in [1.82, 2.24) is 25.6 Å². The van der Waals surface area contributed by atoms with Gasteiger partial charge in [-0.2, -0.15) is 5.10 Å². The Balaban J connectivity index is 1.40. The lowest BCUT2D eigenvalue weighted by molar-refractivity contribution is 0.0847. The summed E-state index contributed by atoms with van der Waals surface area (Å²) in [5.41, 5.74) is 7.35. The number of hydrogen-bond acceptors (Lipinski definition) is 3. The van der Waals surface area contributed by atoms with Crippen LogP contribution in [0.4, 0.5) is 0 Å². The normalized spacial score (nSPS) is 10.8. The van der Waals surface area contributed by atoms with E-state index in [1.165, 1.54) is 6.20 Å². The quantitative estimate of drug-likeness (QED) is 0.465. The molecule has 0 spiro atoms. The van der Waals surface area contributed by atoms with Gasteiger partial charge in [-0.1, -0.05) is 48.0 Å². The molecule has 4 rings (SSSR count). The molecule has 2 aromatic heterocycles. The lowest BCUT2D eigenvalue weighted by Crippen LogP contribution is -2.41. The Kier molecular flexibility index (Phi) is 4.82. The molecule has 2 heterocycles. The Labute approximate surface area is 165 Å². The smallest absolute Gasteiger partial charge is 0.272 e. The molecule has 0 radical (unpaired) electrons. The van der Waals surface area contributed by atoms with Crippen LogP contribution in [0.1, 0.15) is 26.3 Å². The average molecular weight is 394 g/mol. The van der Waals surface area contributed by atoms with Gasteiger partial charge in [0.15, 0.2) is 0 Å². The van der Waals surface area contributed by atoms with Gasteiger partial charge in [0.05, 0.1) is 23.9 Å². The molecular weight excluding hydrogens is 378 g/mol. The maximum Gasteiger partial charge on any atom is 0.272 e. The zero-order valence-corrected chi connectivity index (χ0v) is 15.4. The van der Waals surface area contributed by atoms with Gasteiger partial charge in [-0.15, -0.1) is 0 Å². The number of benzene rings is 2. The summed E-state index contributed by atoms with van der Waals surface area (Å²) >= 11 is 6.15. The summed E-state index contributed by atoms with van der Waals surface area (Å²) in [6.45, 7) is 0.439. The SMILES string of the molecule is O=C(NNC(=O)c1c[nH]c2ccccc12)c1cnn(Cc2ccccc2Cl)c1. The number of hydrogen-bond donors (Lipinski definition) is 3. The summed E-state index contributed by atoms with van der Waals surface area (Å²) in [6.07, 6.45) is 4.63. The third-order valence-corrected chi connectivity index (χ3v) is 4.68. The fraction of sp³-hybridized carbons (Fsp3) is 0.0500. The largest absolute Gasteiger partial charge is 0.360 e. The van der Waals surface area contributed by atoms with Crippen molar-refractivity contribution in [2.24, 2.45) is 0 Å². The van der Waals surface area contributed by atoms with E-state index in [0.717, 1.165) is 16.5 Å². The number of amides is 2. The van der Waals surface area contributed by atoms with E-state index in [2.05, 4.69) is 20.9 Å². The Hall–Kier alpha value is -3.58. The lowest BCUT2D eigenvalue weighted by atomic mass is 10.2. The molecule has 7 nitrogen and oxygen atoms in total. The third kappa shape index (κ3) is 3.60. The van der Waals surface area contributed by atoms with Gasteiger partial charge in [-0.25, -0.2) is 0 Å². The summed E-state index contributed by atoms with van der Waals surface area (Å²) in [7, 11) is 0. The highest BCUT2D eigenvalue weighted by Crippen LogP contribution is 2.17. The van der Waals surface area contributed by atoms with Gasteiger partial charge < -0.3 is 4.98 Å². The number of halogens is 1. The first-order valence-corrected chi connectivity index (χ1v) is 8.92. The van der Waals surface area contributed by atoms with E-state index >= 15 is 0 Å². The highest BCUT2D eigenvalue weighted by atomic mass is 35.5. The Bertz CT molecular complexity index is 1160. The van der Waals surface area contributed by atoms with Crippen LogP contribution in [0.25, 0.3) is 10.9 Å². The van der Waals surface area contributed by atoms with Crippen LogP contribution in [-0.2, 0) is 6.54 Å². The fourth-order valence-electron chi connectivity index (χ4n) is 2.88. The molecule has 4 aromatic rings. The first-order chi connectivity index (χ1) is 13.6. The molecule has 0 atom stereocenters. The van der Waals surface area contributed by atoms with E-state index in [4.69, 9.17) is 11.6 Å². The first-order valence-electron chi connectivity index (χ1n) is 8.54. The van der Waals surface area contributed by atoms with E-state index in [0.29, 0.717) is 22.7 Å². The first kappa shape index (κ1) is 17.8. The number of aromatic nitrogens is 3. The van der Waals surface area contributed by atoms with Crippen molar-refractivity contribution in [3.8, 4) is 0 Å². The molecule has 28 heavy (non-hydrogen) atoms. The topological polar surface area (TPSA) is 91.8 Å². The van der Waals surface area contributed by atoms with E-state index in [9.17, 15) is 9.59 Å². The number of fused-ring (bicyclic) bond motifs is 1. The summed E-state index contributed by atoms with van der Waals surface area (Å²) < 4.78 is 1.61. The molecule has 0 fully saturated rings. The number of carbonyl (C=O) groups excluding carboxylic acids is 2. The van der Waals surface area contributed by atoms with Gasteiger partial charge >= 0.3 is 0 Å². The Morgan fingerprint density at radius 2 is 1.79 bits per heavy atom. The molecule has 3 N–H and O–H groups in total. The zero-order valence-electron chi connectivity index (χ0n) is 14.6. The van der Waals surface area contributed by atoms with Crippen LogP contribution < -0.4 is 10.9 Å². The third-order valence-electron chi connectivity index (χ3n) is 4.31. The van der Waals surface area contributed by atoms with Gasteiger partial charge in [0, 0.05) is 28.3 Å². The van der Waals surface area contributed by atoms with Gasteiger partial charge in [0.1, 0.15) is 0 Å². The van der Waals surface area contributed by atoms with E-state index in [1.807, 2.05) is 42.5 Å². The number of hydrazine groups is 1. The van der Waals surface area contributed by atoms with Crippen molar-refractivity contribution in [3.05, 3.63) is 88.8 Å². The van der Waals surface area contributed by atoms with Crippen molar-refractivity contribution in [1.29, 1.82) is 0 Å². The van der Waals surface area contributed by atoms with Gasteiger partial charge in [0.25, 0.3) is 11.8 Å². The van der Waals surface area contributed by atoms with Crippen LogP contribution >= 0.6 is 11.6 Å². The number of carbonyl (C=O) groups is 2. The summed E-state index contributed by atoms with van der Waals surface area (Å²) in [5, 5.41) is 5.58. The fourth-order valence-corrected chi connectivity index (χ4v) is 3.08. The van der Waals surface area contributed by atoms with Crippen LogP contribution in [0.2, 0.25) is 5.02 Å². The maximum atomic E-state index is 12.4. The van der Waals surface area contributed by atoms with Gasteiger partial charge in [-0.05, 0) is 17.7 Å². The second-order valence-corrected chi connectivity index (χ2v) is 6.58. The highest BCUT2D eigenvalue weighted by molar-refractivity contribution is 6.31. The molecule has 0 aliphatic rings. The van der Waals surface area contributed by atoms with Crippen LogP contribution in [-0.4, -0.2) is 26.6 Å². The second-order valence-electron chi connectivity index (χ2n) is 6.17. The molecule has 0 unspecified atom stereocenters. The van der Waals surface area contributed by atoms with Crippen molar-refractivity contribution in [2.45, 2.75) is 6.54 Å². The molecule has 140 valence electrons. The van der Waals surface area contributed by atoms with E-state index in [-0.39, 0.29) is 0 Å². The number of rotatable bonds is 4. The van der Waals surface area contributed by atoms with Gasteiger partial charge in [0.2, 0.25) is 0 Å². The molecule has 0 bridgehead atoms. The minimum atomic E-state index is -0.460. The predicted octanol–water partition coefficient (Wildman–Crippen LogP) is 3.14. The Morgan fingerprint density at radius 1 is 1.04 bits per heavy atom. The van der Waals surface area contributed by atoms with Gasteiger partial charge in [-0.3, -0.25) is 25.1 Å². The maximum absolute atomic E-state index is 12.4. The van der Waals surface area contributed by atoms with Crippen molar-refractivity contribution in [3.63, 3.8) is 0 Å². The lowest BCUT2D eigenvalue weighted by Gasteiger charge is -2.06. The predicted molar refractivity (Wildman–Crippen MR) is 106 cm³/mol. The average Bonchev–Trinajstić information content (AvgIpc) is 3.35. The molecule has 2 amide bonds. The number of nitrogens with zero attached hydrogens (tertiary/aromatic N) is 2. The van der Waals surface area contributed by atoms with Crippen molar-refractivity contribution in [2.75, 3.05) is 0 Å². The molecular formula is C20H16ClN5O2. The number of para-hydroxylation sites is 1. The van der Waals surface area contributed by atoms with Crippen LogP contribution in [0.5, 0.6) is 0 Å². The number of aromatic amines is 1. The second kappa shape index (κ2) is 7.58. The number of H-pyrrole nitrogens is 1. The minimum Gasteiger partial charge on any atom is -0.360 e. The molecule has 8 heteroatoms. The highest BCUT2D eigenvalue weighted by Gasteiger charge is 2.14. The monoisotopic (exact) mass is 393 g/mol. The standard InChI is InChI=1S/C20H16ClN5O2/c21-17-7-3-1-5-13(17)11-26-12-14(9-23-26)19(27)24-25-20(28)16-10-22-18-8-4-2-6-15(16)18/h1-10,12,22H,11H2,(H,24,27)(H,25,28). The summed E-state index contributed by atoms with van der Waals surface area (Å²) in [6, 6.07) is 14.9. The minimum absolute atomic E-state index is 0.325. The van der Waals surface area contributed by atoms with Crippen molar-refractivity contribution >= 4 is 34.3 Å². The molecule has 0 saturated carbocycles. The van der Waals surface area contributed by atoms with Crippen LogP contribution in [0.15, 0.2) is 67.1 Å². The Morgan fingerprint density at radius 3 is 2.64 bits per heavy atom. The van der Waals surface area contributed by atoms with Crippen molar-refractivity contribution < 1.29 is 9.59 Å². The van der Waals surface area contributed by atoms with Crippen LogP contribution in [0, 0.1) is 0 Å². The zero-order chi connectivity index (χ0) is 19.5. The molecule has 0 aliphatic carbocycles.